The summed E-state index contributed by atoms with van der Waals surface area (Å²) in [4.78, 5) is 21.9. The molecule has 3 aromatic heterocycles. The zero-order chi connectivity index (χ0) is 25.9. The number of halogens is 3. The highest BCUT2D eigenvalue weighted by molar-refractivity contribution is 6.08. The van der Waals surface area contributed by atoms with Crippen molar-refractivity contribution in [2.24, 2.45) is 0 Å². The molecular weight excluding hydrogens is 483 g/mol. The Morgan fingerprint density at radius 2 is 1.92 bits per heavy atom. The molecule has 7 nitrogen and oxygen atoms in total. The minimum Gasteiger partial charge on any atom is -0.491 e. The second kappa shape index (κ2) is 8.29. The van der Waals surface area contributed by atoms with Crippen molar-refractivity contribution in [1.29, 1.82) is 0 Å². The molecule has 0 spiro atoms. The van der Waals surface area contributed by atoms with Gasteiger partial charge in [0.15, 0.2) is 0 Å². The molecule has 6 rings (SSSR count). The zero-order valence-corrected chi connectivity index (χ0v) is 19.8. The van der Waals surface area contributed by atoms with Crippen LogP contribution in [0.4, 0.5) is 18.0 Å². The Labute approximate surface area is 208 Å². The first-order chi connectivity index (χ1) is 17.7. The van der Waals surface area contributed by atoms with Gasteiger partial charge in [0.2, 0.25) is 0 Å². The van der Waals surface area contributed by atoms with Gasteiger partial charge in [0.25, 0.3) is 0 Å². The minimum absolute atomic E-state index is 0.0387. The number of fused-ring (bicyclic) bond motifs is 4. The highest BCUT2D eigenvalue weighted by Crippen LogP contribution is 2.40. The number of alkyl halides is 3. The molecule has 0 saturated carbocycles. The van der Waals surface area contributed by atoms with Crippen LogP contribution in [0.1, 0.15) is 28.6 Å². The van der Waals surface area contributed by atoms with E-state index < -0.39 is 23.8 Å². The Bertz CT molecular complexity index is 1710. The maximum atomic E-state index is 13.5. The first-order valence-corrected chi connectivity index (χ1v) is 11.6. The lowest BCUT2D eigenvalue weighted by molar-refractivity contribution is -0.137. The van der Waals surface area contributed by atoms with E-state index in [1.807, 2.05) is 38.1 Å². The minimum atomic E-state index is -4.52. The summed E-state index contributed by atoms with van der Waals surface area (Å²) in [5.41, 5.74) is 3.08. The molecule has 1 amide bonds. The highest BCUT2D eigenvalue weighted by Gasteiger charge is 2.34. The molecule has 37 heavy (non-hydrogen) atoms. The van der Waals surface area contributed by atoms with Crippen LogP contribution in [0, 0.1) is 13.8 Å². The van der Waals surface area contributed by atoms with Crippen molar-refractivity contribution in [2.45, 2.75) is 26.1 Å². The molecule has 1 aliphatic rings. The van der Waals surface area contributed by atoms with E-state index in [1.165, 1.54) is 10.9 Å². The average Bonchev–Trinajstić information content (AvgIpc) is 3.44. The number of ether oxygens (including phenoxy) is 1. The summed E-state index contributed by atoms with van der Waals surface area (Å²) in [6.07, 6.45) is -2.22. The van der Waals surface area contributed by atoms with Gasteiger partial charge in [-0.15, -0.1) is 0 Å². The lowest BCUT2D eigenvalue weighted by Gasteiger charge is -2.14. The maximum absolute atomic E-state index is 13.5. The molecule has 0 radical (unpaired) electrons. The number of aryl methyl sites for hydroxylation is 2. The lowest BCUT2D eigenvalue weighted by atomic mass is 9.98. The number of carbonyl (C=O) groups is 1. The van der Waals surface area contributed by atoms with Crippen molar-refractivity contribution >= 4 is 27.8 Å². The van der Waals surface area contributed by atoms with Crippen LogP contribution in [0.3, 0.4) is 0 Å². The predicted molar refractivity (Wildman–Crippen MR) is 131 cm³/mol. The van der Waals surface area contributed by atoms with Gasteiger partial charge < -0.3 is 10.1 Å². The van der Waals surface area contributed by atoms with Gasteiger partial charge in [-0.25, -0.2) is 4.79 Å². The number of pyridine rings is 2. The number of benzene rings is 2. The SMILES string of the molecule is Cc1nc2ccccc2c2c1c(C)nn2C(=O)N[C@@H]1COc2cc(-c3cnccc3C(F)(F)F)ccc21. The molecule has 0 bridgehead atoms. The van der Waals surface area contributed by atoms with Crippen LogP contribution in [0.15, 0.2) is 60.9 Å². The number of hydrogen-bond acceptors (Lipinski definition) is 5. The normalized spacial score (nSPS) is 15.1. The van der Waals surface area contributed by atoms with Crippen LogP contribution in [0.5, 0.6) is 5.75 Å². The molecule has 2 aromatic carbocycles. The summed E-state index contributed by atoms with van der Waals surface area (Å²) >= 11 is 0. The molecule has 0 saturated heterocycles. The second-order valence-corrected chi connectivity index (χ2v) is 8.92. The van der Waals surface area contributed by atoms with Crippen LogP contribution < -0.4 is 10.1 Å². The standard InChI is InChI=1S/C27H20F3N5O2/c1-14-24-15(2)34-35(25(24)18-5-3-4-6-21(18)32-14)26(36)33-22-13-37-23-11-16(7-8-17(22)23)19-12-31-10-9-20(19)27(28,29)30/h3-12,22H,13H2,1-2H3,(H,33,36)/t22-/m1/s1. The van der Waals surface area contributed by atoms with Gasteiger partial charge >= 0.3 is 12.2 Å². The summed E-state index contributed by atoms with van der Waals surface area (Å²) in [6, 6.07) is 12.4. The Balaban J connectivity index is 1.34. The molecule has 5 aromatic rings. The number of hydrogen-bond donors (Lipinski definition) is 1. The van der Waals surface area contributed by atoms with Crippen molar-refractivity contribution in [2.75, 3.05) is 6.61 Å². The molecule has 1 aliphatic heterocycles. The van der Waals surface area contributed by atoms with Crippen LogP contribution >= 0.6 is 0 Å². The molecule has 0 aliphatic carbocycles. The van der Waals surface area contributed by atoms with E-state index in [1.54, 1.807) is 18.2 Å². The van der Waals surface area contributed by atoms with Gasteiger partial charge in [0.1, 0.15) is 12.4 Å². The monoisotopic (exact) mass is 503 g/mol. The van der Waals surface area contributed by atoms with Gasteiger partial charge in [-0.3, -0.25) is 9.97 Å². The Morgan fingerprint density at radius 3 is 2.73 bits per heavy atom. The molecule has 4 heterocycles. The van der Waals surface area contributed by atoms with Crippen molar-refractivity contribution in [3.8, 4) is 16.9 Å². The predicted octanol–water partition coefficient (Wildman–Crippen LogP) is 5.97. The summed E-state index contributed by atoms with van der Waals surface area (Å²) in [5.74, 6) is 0.409. The van der Waals surface area contributed by atoms with E-state index in [9.17, 15) is 18.0 Å². The van der Waals surface area contributed by atoms with Gasteiger partial charge in [0.05, 0.1) is 28.3 Å². The topological polar surface area (TPSA) is 81.9 Å². The largest absolute Gasteiger partial charge is 0.491 e. The third-order valence-electron chi connectivity index (χ3n) is 6.59. The quantitative estimate of drug-likeness (QED) is 0.321. The molecular formula is C27H20F3N5O2. The van der Waals surface area contributed by atoms with E-state index in [0.717, 1.165) is 34.2 Å². The van der Waals surface area contributed by atoms with Gasteiger partial charge in [0, 0.05) is 40.0 Å². The van der Waals surface area contributed by atoms with Crippen molar-refractivity contribution < 1.29 is 22.7 Å². The molecule has 1 N–H and O–H groups in total. The molecule has 10 heteroatoms. The number of aromatic nitrogens is 4. The van der Waals surface area contributed by atoms with Crippen LogP contribution in [0.25, 0.3) is 32.9 Å². The zero-order valence-electron chi connectivity index (χ0n) is 19.8. The number of rotatable bonds is 2. The van der Waals surface area contributed by atoms with E-state index in [2.05, 4.69) is 20.4 Å². The lowest BCUT2D eigenvalue weighted by Crippen LogP contribution is -2.33. The first-order valence-electron chi connectivity index (χ1n) is 11.6. The van der Waals surface area contributed by atoms with Crippen molar-refractivity contribution in [3.05, 3.63) is 83.4 Å². The molecule has 1 atom stereocenters. The molecule has 0 unspecified atom stereocenters. The van der Waals surface area contributed by atoms with Crippen molar-refractivity contribution in [3.63, 3.8) is 0 Å². The summed E-state index contributed by atoms with van der Waals surface area (Å²) in [5, 5.41) is 9.08. The van der Waals surface area contributed by atoms with E-state index >= 15 is 0 Å². The van der Waals surface area contributed by atoms with E-state index in [-0.39, 0.29) is 12.2 Å². The van der Waals surface area contributed by atoms with E-state index in [0.29, 0.717) is 28.1 Å². The van der Waals surface area contributed by atoms with Crippen molar-refractivity contribution in [1.82, 2.24) is 25.1 Å². The average molecular weight is 503 g/mol. The first kappa shape index (κ1) is 23.0. The second-order valence-electron chi connectivity index (χ2n) is 8.92. The van der Waals surface area contributed by atoms with Gasteiger partial charge in [-0.1, -0.05) is 30.3 Å². The Hall–Kier alpha value is -4.47. The third-order valence-corrected chi connectivity index (χ3v) is 6.59. The number of nitrogens with zero attached hydrogens (tertiary/aromatic N) is 4. The van der Waals surface area contributed by atoms with Gasteiger partial charge in [-0.2, -0.15) is 23.0 Å². The fraction of sp³-hybridized carbons (Fsp3) is 0.185. The number of para-hydroxylation sites is 1. The molecule has 186 valence electrons. The summed E-state index contributed by atoms with van der Waals surface area (Å²) in [7, 11) is 0. The van der Waals surface area contributed by atoms with E-state index in [4.69, 9.17) is 4.74 Å². The Morgan fingerprint density at radius 1 is 1.11 bits per heavy atom. The molecule has 0 fully saturated rings. The number of nitrogens with one attached hydrogen (secondary N) is 1. The fourth-order valence-electron chi connectivity index (χ4n) is 4.94. The third kappa shape index (κ3) is 3.76. The number of amides is 1. The van der Waals surface area contributed by atoms with Gasteiger partial charge in [-0.05, 0) is 37.6 Å². The highest BCUT2D eigenvalue weighted by atomic mass is 19.4. The smallest absolute Gasteiger partial charge is 0.417 e. The van der Waals surface area contributed by atoms with Crippen LogP contribution in [-0.2, 0) is 6.18 Å². The summed E-state index contributed by atoms with van der Waals surface area (Å²) in [6.45, 7) is 3.86. The van der Waals surface area contributed by atoms with Crippen LogP contribution in [0.2, 0.25) is 0 Å². The Kier molecular flexibility index (Phi) is 5.15. The summed E-state index contributed by atoms with van der Waals surface area (Å²) < 4.78 is 47.6. The maximum Gasteiger partial charge on any atom is 0.417 e. The van der Waals surface area contributed by atoms with Crippen LogP contribution in [-0.4, -0.2) is 32.4 Å². The number of carbonyl (C=O) groups excluding carboxylic acids is 1. The fourth-order valence-corrected chi connectivity index (χ4v) is 4.94.